The van der Waals surface area contributed by atoms with Gasteiger partial charge in [0.25, 0.3) is 0 Å². The van der Waals surface area contributed by atoms with E-state index in [9.17, 15) is 9.18 Å². The zero-order chi connectivity index (χ0) is 18.5. The molecule has 0 amide bonds. The maximum atomic E-state index is 14.4. The molecule has 3 heteroatoms. The summed E-state index contributed by atoms with van der Waals surface area (Å²) in [4.78, 5) is 12.1. The molecule has 2 nitrogen and oxygen atoms in total. The predicted molar refractivity (Wildman–Crippen MR) is 102 cm³/mol. The fraction of sp³-hybridized carbons (Fsp3) is 0.0870. The van der Waals surface area contributed by atoms with Crippen LogP contribution in [0.25, 0.3) is 17.2 Å². The first kappa shape index (κ1) is 17.6. The van der Waals surface area contributed by atoms with Crippen LogP contribution in [0.15, 0.2) is 73.0 Å². The SMILES string of the molecule is Cc1ccc(/C=C/OC(=O)c2ccc(-c3ccc(C)cc3)c(F)c2)cc1. The van der Waals surface area contributed by atoms with Crippen molar-refractivity contribution < 1.29 is 13.9 Å². The van der Waals surface area contributed by atoms with Crippen LogP contribution < -0.4 is 0 Å². The van der Waals surface area contributed by atoms with Crippen molar-refractivity contribution in [1.82, 2.24) is 0 Å². The molecule has 0 bridgehead atoms. The second kappa shape index (κ2) is 7.79. The quantitative estimate of drug-likeness (QED) is 0.432. The highest BCUT2D eigenvalue weighted by molar-refractivity contribution is 5.90. The highest BCUT2D eigenvalue weighted by atomic mass is 19.1. The lowest BCUT2D eigenvalue weighted by atomic mass is 10.0. The molecule has 0 fully saturated rings. The Hall–Kier alpha value is -3.20. The van der Waals surface area contributed by atoms with Gasteiger partial charge in [-0.05, 0) is 43.2 Å². The zero-order valence-electron chi connectivity index (χ0n) is 14.7. The standard InChI is InChI=1S/C23H19FO2/c1-16-3-7-18(8-4-16)13-14-26-23(25)20-11-12-21(22(24)15-20)19-9-5-17(2)6-10-19/h3-15H,1-2H3/b14-13+. The molecule has 0 saturated carbocycles. The first-order chi connectivity index (χ1) is 12.5. The molecule has 0 heterocycles. The number of ether oxygens (including phenoxy) is 1. The molecule has 0 saturated heterocycles. The highest BCUT2D eigenvalue weighted by Gasteiger charge is 2.11. The average molecular weight is 346 g/mol. The van der Waals surface area contributed by atoms with Gasteiger partial charge in [-0.25, -0.2) is 9.18 Å². The molecule has 0 unspecified atom stereocenters. The number of aryl methyl sites for hydroxylation is 2. The summed E-state index contributed by atoms with van der Waals surface area (Å²) in [5, 5.41) is 0. The summed E-state index contributed by atoms with van der Waals surface area (Å²) in [5.41, 5.74) is 4.58. The Balaban J connectivity index is 1.71. The first-order valence-corrected chi connectivity index (χ1v) is 8.34. The summed E-state index contributed by atoms with van der Waals surface area (Å²) in [6.45, 7) is 3.98. The van der Waals surface area contributed by atoms with Crippen LogP contribution in [0.2, 0.25) is 0 Å². The molecule has 0 N–H and O–H groups in total. The van der Waals surface area contributed by atoms with Crippen molar-refractivity contribution in [3.8, 4) is 11.1 Å². The lowest BCUT2D eigenvalue weighted by molar-refractivity contribution is 0.0665. The number of carbonyl (C=O) groups is 1. The zero-order valence-corrected chi connectivity index (χ0v) is 14.7. The van der Waals surface area contributed by atoms with E-state index < -0.39 is 11.8 Å². The largest absolute Gasteiger partial charge is 0.431 e. The number of benzene rings is 3. The summed E-state index contributed by atoms with van der Waals surface area (Å²) in [6, 6.07) is 19.7. The van der Waals surface area contributed by atoms with E-state index in [1.165, 1.54) is 12.3 Å². The van der Waals surface area contributed by atoms with Crippen LogP contribution in [0.1, 0.15) is 27.0 Å². The lowest BCUT2D eigenvalue weighted by Gasteiger charge is -2.06. The van der Waals surface area contributed by atoms with Gasteiger partial charge in [0.1, 0.15) is 5.82 Å². The highest BCUT2D eigenvalue weighted by Crippen LogP contribution is 2.24. The van der Waals surface area contributed by atoms with E-state index in [4.69, 9.17) is 4.74 Å². The van der Waals surface area contributed by atoms with Gasteiger partial charge in [-0.3, -0.25) is 0 Å². The second-order valence-electron chi connectivity index (χ2n) is 6.18. The van der Waals surface area contributed by atoms with Crippen molar-refractivity contribution in [1.29, 1.82) is 0 Å². The van der Waals surface area contributed by atoms with Gasteiger partial charge in [-0.1, -0.05) is 65.7 Å². The van der Waals surface area contributed by atoms with Crippen LogP contribution in [0.5, 0.6) is 0 Å². The van der Waals surface area contributed by atoms with Crippen LogP contribution in [0, 0.1) is 19.7 Å². The Kier molecular flexibility index (Phi) is 5.28. The normalized spacial score (nSPS) is 10.9. The Morgan fingerprint density at radius 1 is 0.885 bits per heavy atom. The van der Waals surface area contributed by atoms with Crippen molar-refractivity contribution in [2.45, 2.75) is 13.8 Å². The molecule has 0 atom stereocenters. The van der Waals surface area contributed by atoms with Crippen LogP contribution in [-0.2, 0) is 4.74 Å². The van der Waals surface area contributed by atoms with Crippen LogP contribution in [0.4, 0.5) is 4.39 Å². The molecule has 26 heavy (non-hydrogen) atoms. The van der Waals surface area contributed by atoms with Crippen molar-refractivity contribution in [2.24, 2.45) is 0 Å². The van der Waals surface area contributed by atoms with Gasteiger partial charge in [0, 0.05) is 5.56 Å². The molecule has 0 aliphatic heterocycles. The van der Waals surface area contributed by atoms with E-state index in [1.807, 2.05) is 62.4 Å². The topological polar surface area (TPSA) is 26.3 Å². The van der Waals surface area contributed by atoms with E-state index in [0.717, 1.165) is 22.3 Å². The van der Waals surface area contributed by atoms with Crippen LogP contribution in [0.3, 0.4) is 0 Å². The number of hydrogen-bond acceptors (Lipinski definition) is 2. The number of halogens is 1. The molecule has 0 aromatic heterocycles. The minimum Gasteiger partial charge on any atom is -0.431 e. The third-order valence-electron chi connectivity index (χ3n) is 4.08. The molecule has 0 aliphatic rings. The van der Waals surface area contributed by atoms with Crippen molar-refractivity contribution in [3.05, 3.63) is 101 Å². The van der Waals surface area contributed by atoms with E-state index in [1.54, 1.807) is 18.2 Å². The van der Waals surface area contributed by atoms with Gasteiger partial charge in [-0.2, -0.15) is 0 Å². The lowest BCUT2D eigenvalue weighted by Crippen LogP contribution is -2.01. The Bertz CT molecular complexity index is 939. The number of carbonyl (C=O) groups excluding carboxylic acids is 1. The number of hydrogen-bond donors (Lipinski definition) is 0. The maximum Gasteiger partial charge on any atom is 0.343 e. The van der Waals surface area contributed by atoms with Crippen molar-refractivity contribution in [3.63, 3.8) is 0 Å². The van der Waals surface area contributed by atoms with E-state index in [2.05, 4.69) is 0 Å². The minimum atomic E-state index is -0.595. The van der Waals surface area contributed by atoms with Gasteiger partial charge >= 0.3 is 5.97 Å². The molecule has 0 aliphatic carbocycles. The van der Waals surface area contributed by atoms with Gasteiger partial charge in [0.15, 0.2) is 0 Å². The molecule has 3 aromatic carbocycles. The minimum absolute atomic E-state index is 0.173. The maximum absolute atomic E-state index is 14.4. The Morgan fingerprint density at radius 3 is 2.12 bits per heavy atom. The van der Waals surface area contributed by atoms with Crippen LogP contribution in [-0.4, -0.2) is 5.97 Å². The van der Waals surface area contributed by atoms with Crippen molar-refractivity contribution >= 4 is 12.0 Å². The summed E-state index contributed by atoms with van der Waals surface area (Å²) >= 11 is 0. The third-order valence-corrected chi connectivity index (χ3v) is 4.08. The fourth-order valence-electron chi connectivity index (χ4n) is 2.53. The molecule has 0 spiro atoms. The van der Waals surface area contributed by atoms with Gasteiger partial charge in [-0.15, -0.1) is 0 Å². The third kappa shape index (κ3) is 4.25. The average Bonchev–Trinajstić information content (AvgIpc) is 2.64. The number of esters is 1. The summed E-state index contributed by atoms with van der Waals surface area (Å²) in [7, 11) is 0. The van der Waals surface area contributed by atoms with Crippen molar-refractivity contribution in [2.75, 3.05) is 0 Å². The summed E-state index contributed by atoms with van der Waals surface area (Å²) in [5.74, 6) is -1.05. The van der Waals surface area contributed by atoms with E-state index in [-0.39, 0.29) is 5.56 Å². The molecule has 0 radical (unpaired) electrons. The summed E-state index contributed by atoms with van der Waals surface area (Å²) in [6.07, 6.45) is 3.01. The molecule has 3 aromatic rings. The van der Waals surface area contributed by atoms with Crippen LogP contribution >= 0.6 is 0 Å². The van der Waals surface area contributed by atoms with E-state index in [0.29, 0.717) is 5.56 Å². The predicted octanol–water partition coefficient (Wildman–Crippen LogP) is 5.94. The molecular weight excluding hydrogens is 327 g/mol. The second-order valence-corrected chi connectivity index (χ2v) is 6.18. The number of rotatable bonds is 4. The summed E-state index contributed by atoms with van der Waals surface area (Å²) < 4.78 is 19.5. The van der Waals surface area contributed by atoms with E-state index >= 15 is 0 Å². The van der Waals surface area contributed by atoms with Gasteiger partial charge in [0.2, 0.25) is 0 Å². The van der Waals surface area contributed by atoms with Gasteiger partial charge < -0.3 is 4.74 Å². The van der Waals surface area contributed by atoms with Gasteiger partial charge in [0.05, 0.1) is 11.8 Å². The first-order valence-electron chi connectivity index (χ1n) is 8.34. The Labute approximate surface area is 152 Å². The molecular formula is C23H19FO2. The monoisotopic (exact) mass is 346 g/mol. The molecule has 3 rings (SSSR count). The molecule has 130 valence electrons. The smallest absolute Gasteiger partial charge is 0.343 e. The fourth-order valence-corrected chi connectivity index (χ4v) is 2.53. The Morgan fingerprint density at radius 2 is 1.50 bits per heavy atom.